The lowest BCUT2D eigenvalue weighted by Gasteiger charge is -2.22. The lowest BCUT2D eigenvalue weighted by Crippen LogP contribution is -2.34. The molecule has 2 N–H and O–H groups in total. The Labute approximate surface area is 122 Å². The van der Waals surface area contributed by atoms with E-state index in [2.05, 4.69) is 20.6 Å². The highest BCUT2D eigenvalue weighted by atomic mass is 35.5. The number of rotatable bonds is 3. The Kier molecular flexibility index (Phi) is 4.11. The van der Waals surface area contributed by atoms with Crippen molar-refractivity contribution in [1.29, 1.82) is 0 Å². The van der Waals surface area contributed by atoms with Crippen LogP contribution in [0.1, 0.15) is 11.9 Å². The van der Waals surface area contributed by atoms with E-state index in [0.29, 0.717) is 17.5 Å². The van der Waals surface area contributed by atoms with Crippen LogP contribution in [-0.4, -0.2) is 29.7 Å². The highest BCUT2D eigenvalue weighted by Gasteiger charge is 2.17. The lowest BCUT2D eigenvalue weighted by molar-refractivity contribution is 0.0221. The number of anilines is 2. The molecule has 1 aliphatic rings. The molecular formula is C14H15ClN4O. The van der Waals surface area contributed by atoms with Crippen LogP contribution in [0.2, 0.25) is 5.02 Å². The second-order valence-electron chi connectivity index (χ2n) is 4.53. The number of morpholine rings is 1. The molecular weight excluding hydrogens is 276 g/mol. The van der Waals surface area contributed by atoms with Crippen LogP contribution in [0.4, 0.5) is 11.4 Å². The highest BCUT2D eigenvalue weighted by Crippen LogP contribution is 2.19. The number of hydrogen-bond donors (Lipinski definition) is 2. The van der Waals surface area contributed by atoms with Crippen molar-refractivity contribution in [3.63, 3.8) is 0 Å². The number of benzene rings is 1. The molecule has 0 radical (unpaired) electrons. The summed E-state index contributed by atoms with van der Waals surface area (Å²) < 4.78 is 5.61. The molecule has 6 heteroatoms. The Morgan fingerprint density at radius 1 is 1.15 bits per heavy atom. The van der Waals surface area contributed by atoms with Crippen molar-refractivity contribution in [1.82, 2.24) is 15.3 Å². The minimum Gasteiger partial charge on any atom is -0.368 e. The summed E-state index contributed by atoms with van der Waals surface area (Å²) in [6.07, 6.45) is 3.46. The van der Waals surface area contributed by atoms with Crippen molar-refractivity contribution in [2.45, 2.75) is 6.10 Å². The first kappa shape index (κ1) is 13.3. The molecule has 1 unspecified atom stereocenters. The summed E-state index contributed by atoms with van der Waals surface area (Å²) in [5, 5.41) is 7.19. The van der Waals surface area contributed by atoms with Crippen molar-refractivity contribution in [2.75, 3.05) is 25.0 Å². The molecule has 1 atom stereocenters. The lowest BCUT2D eigenvalue weighted by atomic mass is 10.3. The van der Waals surface area contributed by atoms with Gasteiger partial charge in [0, 0.05) is 23.8 Å². The van der Waals surface area contributed by atoms with Crippen LogP contribution in [0.15, 0.2) is 36.7 Å². The maximum Gasteiger partial charge on any atom is 0.158 e. The third-order valence-electron chi connectivity index (χ3n) is 3.02. The first-order valence-electron chi connectivity index (χ1n) is 6.48. The van der Waals surface area contributed by atoms with Gasteiger partial charge in [-0.2, -0.15) is 0 Å². The van der Waals surface area contributed by atoms with E-state index in [1.807, 2.05) is 24.3 Å². The highest BCUT2D eigenvalue weighted by molar-refractivity contribution is 6.30. The first-order valence-corrected chi connectivity index (χ1v) is 6.86. The molecule has 5 nitrogen and oxygen atoms in total. The predicted molar refractivity (Wildman–Crippen MR) is 78.3 cm³/mol. The number of ether oxygens (including phenoxy) is 1. The minimum absolute atomic E-state index is 0.0617. The van der Waals surface area contributed by atoms with E-state index in [1.54, 1.807) is 12.4 Å². The van der Waals surface area contributed by atoms with Crippen molar-refractivity contribution in [3.05, 3.63) is 47.5 Å². The molecule has 0 spiro atoms. The molecule has 1 aromatic carbocycles. The zero-order valence-electron chi connectivity index (χ0n) is 10.8. The quantitative estimate of drug-likeness (QED) is 0.910. The zero-order chi connectivity index (χ0) is 13.8. The van der Waals surface area contributed by atoms with Crippen LogP contribution in [-0.2, 0) is 4.74 Å². The van der Waals surface area contributed by atoms with E-state index in [-0.39, 0.29) is 6.10 Å². The Bertz CT molecular complexity index is 552. The van der Waals surface area contributed by atoms with Crippen molar-refractivity contribution in [2.24, 2.45) is 0 Å². The summed E-state index contributed by atoms with van der Waals surface area (Å²) in [6, 6.07) is 7.48. The van der Waals surface area contributed by atoms with Gasteiger partial charge in [-0.3, -0.25) is 0 Å². The summed E-state index contributed by atoms with van der Waals surface area (Å²) in [4.78, 5) is 8.70. The number of nitrogens with zero attached hydrogens (tertiary/aromatic N) is 2. The normalized spacial score (nSPS) is 18.8. The second-order valence-corrected chi connectivity index (χ2v) is 4.96. The second kappa shape index (κ2) is 6.17. The van der Waals surface area contributed by atoms with Gasteiger partial charge in [0.15, 0.2) is 5.82 Å². The molecule has 1 aliphatic heterocycles. The summed E-state index contributed by atoms with van der Waals surface area (Å²) >= 11 is 5.85. The fourth-order valence-corrected chi connectivity index (χ4v) is 2.13. The van der Waals surface area contributed by atoms with Crippen LogP contribution < -0.4 is 10.6 Å². The maximum absolute atomic E-state index is 5.85. The molecule has 2 aromatic rings. The van der Waals surface area contributed by atoms with Gasteiger partial charge < -0.3 is 15.4 Å². The standard InChI is InChI=1S/C14H15ClN4O/c15-10-1-3-11(4-2-10)19-12-7-17-14(18-8-12)13-9-16-5-6-20-13/h1-4,7-8,13,16,19H,5-6,9H2. The van der Waals surface area contributed by atoms with Gasteiger partial charge in [0.05, 0.1) is 24.7 Å². The van der Waals surface area contributed by atoms with Gasteiger partial charge in [-0.15, -0.1) is 0 Å². The molecule has 104 valence electrons. The molecule has 1 saturated heterocycles. The van der Waals surface area contributed by atoms with Gasteiger partial charge in [-0.05, 0) is 24.3 Å². The average molecular weight is 291 g/mol. The van der Waals surface area contributed by atoms with Crippen molar-refractivity contribution in [3.8, 4) is 0 Å². The van der Waals surface area contributed by atoms with E-state index in [9.17, 15) is 0 Å². The summed E-state index contributed by atoms with van der Waals surface area (Å²) in [6.45, 7) is 2.33. The van der Waals surface area contributed by atoms with Crippen LogP contribution in [0, 0.1) is 0 Å². The molecule has 1 fully saturated rings. The third-order valence-corrected chi connectivity index (χ3v) is 3.27. The van der Waals surface area contributed by atoms with E-state index in [4.69, 9.17) is 16.3 Å². The van der Waals surface area contributed by atoms with Gasteiger partial charge >= 0.3 is 0 Å². The van der Waals surface area contributed by atoms with Crippen LogP contribution >= 0.6 is 11.6 Å². The fraction of sp³-hybridized carbons (Fsp3) is 0.286. The molecule has 2 heterocycles. The number of aromatic nitrogens is 2. The molecule has 0 saturated carbocycles. The first-order chi connectivity index (χ1) is 9.81. The Hall–Kier alpha value is -1.69. The van der Waals surface area contributed by atoms with Crippen LogP contribution in [0.25, 0.3) is 0 Å². The largest absolute Gasteiger partial charge is 0.368 e. The Morgan fingerprint density at radius 3 is 2.55 bits per heavy atom. The molecule has 0 aliphatic carbocycles. The summed E-state index contributed by atoms with van der Waals surface area (Å²) in [5.41, 5.74) is 1.78. The van der Waals surface area contributed by atoms with Gasteiger partial charge in [0.25, 0.3) is 0 Å². The van der Waals surface area contributed by atoms with Crippen LogP contribution in [0.3, 0.4) is 0 Å². The minimum atomic E-state index is -0.0617. The summed E-state index contributed by atoms with van der Waals surface area (Å²) in [7, 11) is 0. The Morgan fingerprint density at radius 2 is 1.90 bits per heavy atom. The topological polar surface area (TPSA) is 59.1 Å². The Balaban J connectivity index is 1.67. The number of halogens is 1. The number of nitrogens with one attached hydrogen (secondary N) is 2. The smallest absolute Gasteiger partial charge is 0.158 e. The van der Waals surface area contributed by atoms with Gasteiger partial charge in [-0.1, -0.05) is 11.6 Å². The molecule has 0 bridgehead atoms. The average Bonchev–Trinajstić information content (AvgIpc) is 2.51. The summed E-state index contributed by atoms with van der Waals surface area (Å²) in [5.74, 6) is 0.707. The molecule has 3 rings (SSSR count). The third kappa shape index (κ3) is 3.25. The maximum atomic E-state index is 5.85. The van der Waals surface area contributed by atoms with Gasteiger partial charge in [0.2, 0.25) is 0 Å². The van der Waals surface area contributed by atoms with Gasteiger partial charge in [-0.25, -0.2) is 9.97 Å². The van der Waals surface area contributed by atoms with Gasteiger partial charge in [0.1, 0.15) is 6.10 Å². The molecule has 20 heavy (non-hydrogen) atoms. The molecule has 0 amide bonds. The predicted octanol–water partition coefficient (Wildman–Crippen LogP) is 2.53. The van der Waals surface area contributed by atoms with E-state index in [1.165, 1.54) is 0 Å². The van der Waals surface area contributed by atoms with Crippen molar-refractivity contribution >= 4 is 23.0 Å². The van der Waals surface area contributed by atoms with Crippen LogP contribution in [0.5, 0.6) is 0 Å². The monoisotopic (exact) mass is 290 g/mol. The van der Waals surface area contributed by atoms with E-state index >= 15 is 0 Å². The SMILES string of the molecule is Clc1ccc(Nc2cnc(C3CNCCO3)nc2)cc1. The number of hydrogen-bond acceptors (Lipinski definition) is 5. The van der Waals surface area contributed by atoms with E-state index in [0.717, 1.165) is 24.5 Å². The zero-order valence-corrected chi connectivity index (χ0v) is 11.6. The molecule has 1 aromatic heterocycles. The van der Waals surface area contributed by atoms with E-state index < -0.39 is 0 Å². The fourth-order valence-electron chi connectivity index (χ4n) is 2.00. The van der Waals surface area contributed by atoms with Crippen molar-refractivity contribution < 1.29 is 4.74 Å².